The van der Waals surface area contributed by atoms with Crippen LogP contribution < -0.4 is 22.1 Å². The fourth-order valence-corrected chi connectivity index (χ4v) is 2.77. The Morgan fingerprint density at radius 2 is 2.03 bits per heavy atom. The Morgan fingerprint density at radius 1 is 1.31 bits per heavy atom. The Kier molecular flexibility index (Phi) is 9.26. The number of aliphatic imine (C=N–C) groups is 1. The number of oxime groups is 1. The molecule has 1 unspecified atom stereocenters. The van der Waals surface area contributed by atoms with Gasteiger partial charge < -0.3 is 36.8 Å². The van der Waals surface area contributed by atoms with Crippen molar-refractivity contribution in [2.75, 3.05) is 13.2 Å². The maximum absolute atomic E-state index is 12.2. The highest BCUT2D eigenvalue weighted by atomic mass is 16.6. The standard InChI is InChI=1S/C20H28N6O6/c1-2-3-8-31-20(30)25-16(18(28)29)11-23-17(27)10-14-9-15(26-32-14)12-4-6-13(7-5-12)24-19(21)22/h4-7,14,16H,2-3,8-11H2,1H3,(H,23,27)(H,25,30)(H,28,29)(H4,21,22,24)/t14-,16?/m1/s1. The van der Waals surface area contributed by atoms with Crippen molar-refractivity contribution in [2.24, 2.45) is 21.6 Å². The lowest BCUT2D eigenvalue weighted by Gasteiger charge is -2.16. The molecule has 0 radical (unpaired) electrons. The molecule has 0 bridgehead atoms. The van der Waals surface area contributed by atoms with E-state index in [9.17, 15) is 19.5 Å². The predicted octanol–water partition coefficient (Wildman–Crippen LogP) is 0.570. The molecular weight excluding hydrogens is 420 g/mol. The van der Waals surface area contributed by atoms with E-state index in [0.717, 1.165) is 12.0 Å². The molecule has 32 heavy (non-hydrogen) atoms. The van der Waals surface area contributed by atoms with E-state index in [1.165, 1.54) is 0 Å². The maximum atomic E-state index is 12.2. The summed E-state index contributed by atoms with van der Waals surface area (Å²) in [5, 5.41) is 17.9. The van der Waals surface area contributed by atoms with Gasteiger partial charge in [0.1, 0.15) is 12.1 Å². The van der Waals surface area contributed by atoms with Crippen LogP contribution >= 0.6 is 0 Å². The topological polar surface area (TPSA) is 191 Å². The molecule has 0 aliphatic carbocycles. The van der Waals surface area contributed by atoms with Crippen molar-refractivity contribution in [1.82, 2.24) is 10.6 Å². The summed E-state index contributed by atoms with van der Waals surface area (Å²) in [5.41, 5.74) is 12.8. The number of benzene rings is 1. The average molecular weight is 448 g/mol. The first-order valence-corrected chi connectivity index (χ1v) is 10.1. The quantitative estimate of drug-likeness (QED) is 0.184. The van der Waals surface area contributed by atoms with Gasteiger partial charge >= 0.3 is 12.1 Å². The number of amides is 2. The molecule has 7 N–H and O–H groups in total. The van der Waals surface area contributed by atoms with Gasteiger partial charge in [0.2, 0.25) is 5.91 Å². The first-order chi connectivity index (χ1) is 15.3. The number of carbonyl (C=O) groups is 3. The van der Waals surface area contributed by atoms with Gasteiger partial charge in [-0.1, -0.05) is 30.6 Å². The molecule has 2 rings (SSSR count). The average Bonchev–Trinajstić information content (AvgIpc) is 3.19. The SMILES string of the molecule is CCCCOC(=O)NC(CNC(=O)C[C@H]1CC(c2ccc(N=C(N)N)cc2)=NO1)C(=O)O. The fourth-order valence-electron chi connectivity index (χ4n) is 2.77. The van der Waals surface area contributed by atoms with Gasteiger partial charge in [0, 0.05) is 13.0 Å². The minimum atomic E-state index is -1.31. The molecule has 2 amide bonds. The van der Waals surface area contributed by atoms with Gasteiger partial charge in [-0.15, -0.1) is 0 Å². The molecule has 1 aromatic rings. The molecule has 0 spiro atoms. The van der Waals surface area contributed by atoms with Crippen molar-refractivity contribution in [1.29, 1.82) is 0 Å². The molecule has 1 heterocycles. The van der Waals surface area contributed by atoms with Crippen LogP contribution in [0.15, 0.2) is 34.4 Å². The van der Waals surface area contributed by atoms with Crippen molar-refractivity contribution < 1.29 is 29.1 Å². The summed E-state index contributed by atoms with van der Waals surface area (Å²) in [6.45, 7) is 1.84. The lowest BCUT2D eigenvalue weighted by Crippen LogP contribution is -2.48. The summed E-state index contributed by atoms with van der Waals surface area (Å²) in [6.07, 6.45) is 0.559. The highest BCUT2D eigenvalue weighted by Gasteiger charge is 2.26. The number of nitrogens with zero attached hydrogens (tertiary/aromatic N) is 2. The number of rotatable bonds is 11. The first kappa shape index (κ1) is 24.4. The monoisotopic (exact) mass is 448 g/mol. The van der Waals surface area contributed by atoms with Crippen LogP contribution in [-0.4, -0.2) is 60.0 Å². The Balaban J connectivity index is 1.78. The van der Waals surface area contributed by atoms with Crippen LogP contribution in [0.3, 0.4) is 0 Å². The van der Waals surface area contributed by atoms with Crippen molar-refractivity contribution in [3.05, 3.63) is 29.8 Å². The van der Waals surface area contributed by atoms with Crippen LogP contribution in [-0.2, 0) is 19.2 Å². The van der Waals surface area contributed by atoms with E-state index in [0.29, 0.717) is 24.2 Å². The Hall–Kier alpha value is -3.83. The minimum absolute atomic E-state index is 0.0215. The molecule has 1 aromatic carbocycles. The summed E-state index contributed by atoms with van der Waals surface area (Å²) >= 11 is 0. The van der Waals surface area contributed by atoms with E-state index in [-0.39, 0.29) is 25.5 Å². The molecule has 12 heteroatoms. The largest absolute Gasteiger partial charge is 0.480 e. The van der Waals surface area contributed by atoms with Gasteiger partial charge in [-0.25, -0.2) is 14.6 Å². The molecule has 1 aliphatic heterocycles. The number of alkyl carbamates (subject to hydrolysis) is 1. The van der Waals surface area contributed by atoms with Gasteiger partial charge in [0.25, 0.3) is 0 Å². The van der Waals surface area contributed by atoms with Crippen molar-refractivity contribution in [3.8, 4) is 0 Å². The Morgan fingerprint density at radius 3 is 2.66 bits per heavy atom. The zero-order valence-corrected chi connectivity index (χ0v) is 17.7. The van der Waals surface area contributed by atoms with Gasteiger partial charge in [-0.2, -0.15) is 0 Å². The second kappa shape index (κ2) is 12.1. The smallest absolute Gasteiger partial charge is 0.407 e. The maximum Gasteiger partial charge on any atom is 0.407 e. The fraction of sp³-hybridized carbons (Fsp3) is 0.450. The number of guanidine groups is 1. The second-order valence-electron chi connectivity index (χ2n) is 7.09. The number of unbranched alkanes of at least 4 members (excludes halogenated alkanes) is 1. The van der Waals surface area contributed by atoms with Crippen LogP contribution in [0.5, 0.6) is 0 Å². The predicted molar refractivity (Wildman–Crippen MR) is 116 cm³/mol. The zero-order valence-electron chi connectivity index (χ0n) is 17.7. The number of nitrogens with two attached hydrogens (primary N) is 2. The summed E-state index contributed by atoms with van der Waals surface area (Å²) in [5.74, 6) is -1.76. The number of ether oxygens (including phenoxy) is 1. The molecule has 0 saturated heterocycles. The highest BCUT2D eigenvalue weighted by Crippen LogP contribution is 2.21. The first-order valence-electron chi connectivity index (χ1n) is 10.1. The Labute approximate surface area is 185 Å². The lowest BCUT2D eigenvalue weighted by atomic mass is 10.0. The second-order valence-corrected chi connectivity index (χ2v) is 7.09. The van der Waals surface area contributed by atoms with Gasteiger partial charge in [-0.05, 0) is 24.1 Å². The lowest BCUT2D eigenvalue weighted by molar-refractivity contribution is -0.139. The number of hydrogen-bond acceptors (Lipinski definition) is 7. The van der Waals surface area contributed by atoms with Crippen LogP contribution in [0.2, 0.25) is 0 Å². The molecule has 12 nitrogen and oxygen atoms in total. The Bertz CT molecular complexity index is 866. The summed E-state index contributed by atoms with van der Waals surface area (Å²) in [4.78, 5) is 44.4. The molecule has 0 aromatic heterocycles. The normalized spacial score (nSPS) is 15.7. The van der Waals surface area contributed by atoms with Crippen LogP contribution in [0, 0.1) is 0 Å². The van der Waals surface area contributed by atoms with Crippen molar-refractivity contribution >= 4 is 35.3 Å². The van der Waals surface area contributed by atoms with Gasteiger partial charge in [0.15, 0.2) is 5.96 Å². The third-order valence-electron chi connectivity index (χ3n) is 4.43. The summed E-state index contributed by atoms with van der Waals surface area (Å²) in [7, 11) is 0. The number of carboxylic acids is 1. The third kappa shape index (κ3) is 8.13. The van der Waals surface area contributed by atoms with E-state index in [1.54, 1.807) is 24.3 Å². The molecule has 2 atom stereocenters. The number of hydrogen-bond donors (Lipinski definition) is 5. The van der Waals surface area contributed by atoms with Crippen LogP contribution in [0.25, 0.3) is 0 Å². The molecular formula is C20H28N6O6. The van der Waals surface area contributed by atoms with Gasteiger partial charge in [0.05, 0.1) is 24.4 Å². The van der Waals surface area contributed by atoms with E-state index >= 15 is 0 Å². The molecule has 174 valence electrons. The number of carbonyl (C=O) groups excluding carboxylic acids is 2. The van der Waals surface area contributed by atoms with Crippen molar-refractivity contribution in [3.63, 3.8) is 0 Å². The summed E-state index contributed by atoms with van der Waals surface area (Å²) in [6, 6.07) is 5.71. The number of nitrogens with one attached hydrogen (secondary N) is 2. The van der Waals surface area contributed by atoms with E-state index < -0.39 is 30.1 Å². The zero-order chi connectivity index (χ0) is 23.5. The van der Waals surface area contributed by atoms with E-state index in [4.69, 9.17) is 21.0 Å². The highest BCUT2D eigenvalue weighted by molar-refractivity contribution is 6.01. The minimum Gasteiger partial charge on any atom is -0.480 e. The number of carboxylic acid groups (broad SMARTS) is 1. The molecule has 1 aliphatic rings. The molecule has 0 saturated carbocycles. The van der Waals surface area contributed by atoms with E-state index in [2.05, 4.69) is 20.8 Å². The van der Waals surface area contributed by atoms with Gasteiger partial charge in [-0.3, -0.25) is 4.79 Å². The van der Waals surface area contributed by atoms with E-state index in [1.807, 2.05) is 6.92 Å². The summed E-state index contributed by atoms with van der Waals surface area (Å²) < 4.78 is 4.88. The number of aliphatic carboxylic acids is 1. The van der Waals surface area contributed by atoms with Crippen LogP contribution in [0.1, 0.15) is 38.2 Å². The van der Waals surface area contributed by atoms with Crippen LogP contribution in [0.4, 0.5) is 10.5 Å². The molecule has 0 fully saturated rings. The third-order valence-corrected chi connectivity index (χ3v) is 4.43. The van der Waals surface area contributed by atoms with Crippen molar-refractivity contribution in [2.45, 2.75) is 44.8 Å².